The molecule has 0 aliphatic heterocycles. The first kappa shape index (κ1) is 11.0. The third kappa shape index (κ3) is 1.91. The molecule has 1 aliphatic rings. The summed E-state index contributed by atoms with van der Waals surface area (Å²) in [6, 6.07) is 0. The number of hydrogen-bond donors (Lipinski definition) is 1. The van der Waals surface area contributed by atoms with Crippen molar-refractivity contribution >= 4 is 43.4 Å². The van der Waals surface area contributed by atoms with Gasteiger partial charge in [0.1, 0.15) is 4.83 Å². The number of aromatic nitrogens is 1. The monoisotopic (exact) mass is 268 g/mol. The van der Waals surface area contributed by atoms with Crippen molar-refractivity contribution in [1.29, 1.82) is 0 Å². The lowest BCUT2D eigenvalue weighted by molar-refractivity contribution is 0.187. The molecule has 17 heavy (non-hydrogen) atoms. The predicted molar refractivity (Wildman–Crippen MR) is 70.2 cm³/mol. The van der Waals surface area contributed by atoms with Gasteiger partial charge in [-0.2, -0.15) is 0 Å². The predicted octanol–water partition coefficient (Wildman–Crippen LogP) is 3.41. The van der Waals surface area contributed by atoms with Crippen LogP contribution in [0, 0.1) is 0 Å². The van der Waals surface area contributed by atoms with E-state index in [0.29, 0.717) is 5.13 Å². The van der Waals surface area contributed by atoms with E-state index < -0.39 is 6.09 Å². The maximum Gasteiger partial charge on any atom is 0.413 e. The van der Waals surface area contributed by atoms with Crippen LogP contribution in [0.3, 0.4) is 0 Å². The molecule has 0 unspecified atom stereocenters. The first-order chi connectivity index (χ1) is 8.28. The molecule has 0 fully saturated rings. The number of methoxy groups -OCH3 is 1. The number of thiazole rings is 1. The Hall–Kier alpha value is -1.14. The van der Waals surface area contributed by atoms with Gasteiger partial charge in [0.2, 0.25) is 0 Å². The van der Waals surface area contributed by atoms with Crippen LogP contribution in [0.2, 0.25) is 0 Å². The van der Waals surface area contributed by atoms with Gasteiger partial charge in [0.15, 0.2) is 5.13 Å². The lowest BCUT2D eigenvalue weighted by atomic mass is 10.00. The zero-order chi connectivity index (χ0) is 11.8. The van der Waals surface area contributed by atoms with E-state index in [4.69, 9.17) is 0 Å². The van der Waals surface area contributed by atoms with E-state index in [1.165, 1.54) is 41.5 Å². The van der Waals surface area contributed by atoms with E-state index in [0.717, 1.165) is 11.3 Å². The molecule has 1 aliphatic carbocycles. The number of carbonyl (C=O) groups excluding carboxylic acids is 1. The first-order valence-electron chi connectivity index (χ1n) is 5.54. The van der Waals surface area contributed by atoms with Gasteiger partial charge in [-0.05, 0) is 31.2 Å². The van der Waals surface area contributed by atoms with E-state index in [2.05, 4.69) is 15.0 Å². The highest BCUT2D eigenvalue weighted by atomic mass is 32.1. The molecule has 4 nitrogen and oxygen atoms in total. The van der Waals surface area contributed by atoms with Gasteiger partial charge in [0.25, 0.3) is 0 Å². The number of nitrogens with zero attached hydrogens (tertiary/aromatic N) is 1. The van der Waals surface area contributed by atoms with Crippen LogP contribution >= 0.6 is 22.7 Å². The van der Waals surface area contributed by atoms with Gasteiger partial charge in [-0.15, -0.1) is 11.3 Å². The Bertz CT molecular complexity index is 573. The number of hydrogen-bond acceptors (Lipinski definition) is 5. The minimum absolute atomic E-state index is 0.458. The molecule has 0 saturated carbocycles. The highest BCUT2D eigenvalue weighted by Gasteiger charge is 2.19. The Morgan fingerprint density at radius 1 is 1.35 bits per heavy atom. The Labute approximate surface area is 107 Å². The normalized spacial score (nSPS) is 14.6. The largest absolute Gasteiger partial charge is 0.453 e. The number of anilines is 1. The number of rotatable bonds is 1. The molecule has 3 rings (SSSR count). The van der Waals surface area contributed by atoms with Gasteiger partial charge in [-0.3, -0.25) is 5.32 Å². The Morgan fingerprint density at radius 3 is 3.00 bits per heavy atom. The fourth-order valence-corrected chi connectivity index (χ4v) is 4.58. The van der Waals surface area contributed by atoms with E-state index >= 15 is 0 Å². The molecule has 2 aromatic heterocycles. The zero-order valence-electron chi connectivity index (χ0n) is 9.41. The average Bonchev–Trinajstić information content (AvgIpc) is 2.85. The Morgan fingerprint density at radius 2 is 2.18 bits per heavy atom. The number of thiophene rings is 1. The van der Waals surface area contributed by atoms with Gasteiger partial charge >= 0.3 is 6.09 Å². The van der Waals surface area contributed by atoms with E-state index in [9.17, 15) is 4.79 Å². The van der Waals surface area contributed by atoms with Crippen molar-refractivity contribution in [3.05, 3.63) is 10.4 Å². The maximum atomic E-state index is 11.1. The molecule has 1 amide bonds. The van der Waals surface area contributed by atoms with Crippen molar-refractivity contribution in [1.82, 2.24) is 4.98 Å². The second-order valence-electron chi connectivity index (χ2n) is 3.98. The maximum absolute atomic E-state index is 11.1. The molecule has 0 bridgehead atoms. The van der Waals surface area contributed by atoms with E-state index in [1.807, 2.05) is 0 Å². The third-order valence-electron chi connectivity index (χ3n) is 2.90. The highest BCUT2D eigenvalue weighted by molar-refractivity contribution is 7.29. The van der Waals surface area contributed by atoms with Crippen LogP contribution in [0.4, 0.5) is 9.93 Å². The van der Waals surface area contributed by atoms with Crippen LogP contribution in [-0.2, 0) is 17.6 Å². The van der Waals surface area contributed by atoms with Crippen LogP contribution in [0.25, 0.3) is 9.53 Å². The van der Waals surface area contributed by atoms with Gasteiger partial charge in [0, 0.05) is 4.88 Å². The number of fused-ring (bicyclic) bond motifs is 3. The molecule has 90 valence electrons. The molecule has 0 atom stereocenters. The van der Waals surface area contributed by atoms with Crippen LogP contribution < -0.4 is 5.32 Å². The average molecular weight is 268 g/mol. The lowest BCUT2D eigenvalue weighted by Crippen LogP contribution is -2.10. The number of amides is 1. The topological polar surface area (TPSA) is 51.2 Å². The number of aryl methyl sites for hydroxylation is 2. The molecule has 0 saturated heterocycles. The van der Waals surface area contributed by atoms with Crippen molar-refractivity contribution < 1.29 is 9.53 Å². The molecule has 0 spiro atoms. The molecule has 0 aromatic carbocycles. The summed E-state index contributed by atoms with van der Waals surface area (Å²) < 4.78 is 5.81. The van der Waals surface area contributed by atoms with Crippen LogP contribution in [0.15, 0.2) is 0 Å². The summed E-state index contributed by atoms with van der Waals surface area (Å²) >= 11 is 3.31. The molecule has 2 aromatic rings. The molecular formula is C11H12N2O2S2. The zero-order valence-corrected chi connectivity index (χ0v) is 11.0. The van der Waals surface area contributed by atoms with Gasteiger partial charge in [0.05, 0.1) is 11.8 Å². The van der Waals surface area contributed by atoms with Gasteiger partial charge < -0.3 is 4.74 Å². The smallest absolute Gasteiger partial charge is 0.413 e. The molecule has 6 heteroatoms. The number of ether oxygens (including phenoxy) is 1. The summed E-state index contributed by atoms with van der Waals surface area (Å²) in [7, 11) is 1.35. The van der Waals surface area contributed by atoms with Crippen molar-refractivity contribution in [3.8, 4) is 0 Å². The van der Waals surface area contributed by atoms with Crippen molar-refractivity contribution in [3.63, 3.8) is 0 Å². The number of nitrogens with one attached hydrogen (secondary N) is 1. The molecular weight excluding hydrogens is 256 g/mol. The van der Waals surface area contributed by atoms with Crippen LogP contribution in [0.1, 0.15) is 23.3 Å². The summed E-state index contributed by atoms with van der Waals surface area (Å²) in [6.07, 6.45) is 4.42. The fraction of sp³-hybridized carbons (Fsp3) is 0.455. The van der Waals surface area contributed by atoms with E-state index in [1.54, 1.807) is 22.7 Å². The number of carbonyl (C=O) groups is 1. The standard InChI is InChI=1S/C11H12N2O2S2/c1-15-11(14)13-10-12-9-8(17-10)6-4-2-3-5-7(6)16-9/h2-5H2,1H3,(H,12,13,14). The third-order valence-corrected chi connectivity index (χ3v) is 5.25. The van der Waals surface area contributed by atoms with Crippen LogP contribution in [0.5, 0.6) is 0 Å². The molecule has 1 N–H and O–H groups in total. The van der Waals surface area contributed by atoms with Gasteiger partial charge in [-0.1, -0.05) is 11.3 Å². The highest BCUT2D eigenvalue weighted by Crippen LogP contribution is 2.40. The molecule has 0 radical (unpaired) electrons. The summed E-state index contributed by atoms with van der Waals surface area (Å²) in [4.78, 5) is 18.1. The van der Waals surface area contributed by atoms with Crippen molar-refractivity contribution in [2.45, 2.75) is 25.7 Å². The fourth-order valence-electron chi connectivity index (χ4n) is 2.10. The SMILES string of the molecule is COC(=O)Nc1nc2sc3c(c2s1)CCCC3. The lowest BCUT2D eigenvalue weighted by Gasteiger charge is -2.09. The first-order valence-corrected chi connectivity index (χ1v) is 7.17. The second kappa shape index (κ2) is 4.27. The van der Waals surface area contributed by atoms with Crippen molar-refractivity contribution in [2.24, 2.45) is 0 Å². The Kier molecular flexibility index (Phi) is 2.76. The van der Waals surface area contributed by atoms with E-state index in [-0.39, 0.29) is 0 Å². The minimum Gasteiger partial charge on any atom is -0.453 e. The van der Waals surface area contributed by atoms with Gasteiger partial charge in [-0.25, -0.2) is 9.78 Å². The second-order valence-corrected chi connectivity index (χ2v) is 6.06. The quantitative estimate of drug-likeness (QED) is 0.862. The summed E-state index contributed by atoms with van der Waals surface area (Å²) in [6.45, 7) is 0. The van der Waals surface area contributed by atoms with Crippen molar-refractivity contribution in [2.75, 3.05) is 12.4 Å². The summed E-state index contributed by atoms with van der Waals surface area (Å²) in [5.41, 5.74) is 1.45. The summed E-state index contributed by atoms with van der Waals surface area (Å²) in [5.74, 6) is 0. The van der Waals surface area contributed by atoms with Crippen LogP contribution in [-0.4, -0.2) is 18.2 Å². The molecule has 2 heterocycles. The summed E-state index contributed by atoms with van der Waals surface area (Å²) in [5, 5.41) is 3.26. The minimum atomic E-state index is -0.458. The Balaban J connectivity index is 1.97.